The van der Waals surface area contributed by atoms with Gasteiger partial charge in [0, 0.05) is 22.3 Å². The summed E-state index contributed by atoms with van der Waals surface area (Å²) >= 11 is 0. The van der Waals surface area contributed by atoms with Crippen LogP contribution in [0.25, 0.3) is 54.6 Å². The molecule has 8 aromatic rings. The van der Waals surface area contributed by atoms with Crippen molar-refractivity contribution in [2.45, 2.75) is 52.4 Å². The molecule has 0 bridgehead atoms. The summed E-state index contributed by atoms with van der Waals surface area (Å²) in [5.74, 6) is 14.3. The minimum absolute atomic E-state index is 0.0985. The summed E-state index contributed by atoms with van der Waals surface area (Å²) in [5, 5.41) is 7.24. The van der Waals surface area contributed by atoms with Gasteiger partial charge in [0.2, 0.25) is 0 Å². The van der Waals surface area contributed by atoms with Crippen LogP contribution in [0, 0.1) is 23.7 Å². The molecule has 0 saturated carbocycles. The molecule has 0 radical (unpaired) electrons. The van der Waals surface area contributed by atoms with Gasteiger partial charge in [0.05, 0.1) is 0 Å². The van der Waals surface area contributed by atoms with E-state index in [0.29, 0.717) is 0 Å². The summed E-state index contributed by atoms with van der Waals surface area (Å²) in [6.07, 6.45) is 0. The van der Waals surface area contributed by atoms with Crippen molar-refractivity contribution in [3.8, 4) is 45.9 Å². The number of hydrogen-bond donors (Lipinski definition) is 0. The van der Waals surface area contributed by atoms with Crippen molar-refractivity contribution >= 4 is 32.3 Å². The van der Waals surface area contributed by atoms with Crippen molar-refractivity contribution in [2.24, 2.45) is 0 Å². The van der Waals surface area contributed by atoms with E-state index in [2.05, 4.69) is 211 Å². The first-order valence-electron chi connectivity index (χ1n) is 18.2. The molecule has 0 amide bonds. The second-order valence-corrected chi connectivity index (χ2v) is 15.9. The summed E-state index contributed by atoms with van der Waals surface area (Å²) in [6.45, 7) is 13.5. The van der Waals surface area contributed by atoms with E-state index in [0.717, 1.165) is 33.0 Å². The molecule has 52 heavy (non-hydrogen) atoms. The molecule has 0 unspecified atom stereocenters. The van der Waals surface area contributed by atoms with Gasteiger partial charge in [-0.15, -0.1) is 0 Å². The zero-order valence-electron chi connectivity index (χ0n) is 30.9. The smallest absolute Gasteiger partial charge is 0.0334 e. The Bertz CT molecular complexity index is 2500. The first-order valence-corrected chi connectivity index (χ1v) is 18.2. The van der Waals surface area contributed by atoms with Crippen molar-refractivity contribution in [2.75, 3.05) is 0 Å². The average molecular weight is 667 g/mol. The van der Waals surface area contributed by atoms with Crippen molar-refractivity contribution in [1.29, 1.82) is 0 Å². The fourth-order valence-electron chi connectivity index (χ4n) is 7.30. The van der Waals surface area contributed by atoms with E-state index in [-0.39, 0.29) is 10.8 Å². The van der Waals surface area contributed by atoms with Crippen LogP contribution in [0.3, 0.4) is 0 Å². The van der Waals surface area contributed by atoms with Gasteiger partial charge in [-0.05, 0) is 113 Å². The molecule has 0 nitrogen and oxygen atoms in total. The number of rotatable bonds is 2. The molecule has 0 aliphatic heterocycles. The first kappa shape index (κ1) is 33.1. The molecule has 0 saturated heterocycles. The molecule has 8 rings (SSSR count). The molecule has 0 atom stereocenters. The van der Waals surface area contributed by atoms with Crippen molar-refractivity contribution in [1.82, 2.24) is 0 Å². The Morgan fingerprint density at radius 1 is 0.346 bits per heavy atom. The van der Waals surface area contributed by atoms with Crippen LogP contribution in [0.2, 0.25) is 0 Å². The average Bonchev–Trinajstić information content (AvgIpc) is 3.15. The minimum Gasteiger partial charge on any atom is -0.0622 e. The summed E-state index contributed by atoms with van der Waals surface area (Å²) < 4.78 is 0. The quantitative estimate of drug-likeness (QED) is 0.127. The van der Waals surface area contributed by atoms with Gasteiger partial charge in [0.1, 0.15) is 0 Å². The van der Waals surface area contributed by atoms with Crippen LogP contribution in [-0.4, -0.2) is 0 Å². The third-order valence-electron chi connectivity index (χ3n) is 10.3. The Labute approximate surface area is 308 Å². The first-order chi connectivity index (χ1) is 25.0. The summed E-state index contributed by atoms with van der Waals surface area (Å²) in [4.78, 5) is 0. The Balaban J connectivity index is 1.40. The molecule has 0 aliphatic carbocycles. The van der Waals surface area contributed by atoms with E-state index < -0.39 is 0 Å². The highest BCUT2D eigenvalue weighted by Crippen LogP contribution is 2.44. The summed E-state index contributed by atoms with van der Waals surface area (Å²) in [7, 11) is 0. The van der Waals surface area contributed by atoms with E-state index in [1.807, 2.05) is 0 Å². The molecule has 8 aromatic carbocycles. The van der Waals surface area contributed by atoms with E-state index in [1.54, 1.807) is 0 Å². The molecular formula is C52H42. The molecule has 0 N–H and O–H groups in total. The Kier molecular flexibility index (Phi) is 8.22. The normalized spacial score (nSPS) is 11.7. The zero-order chi connectivity index (χ0) is 36.0. The third kappa shape index (κ3) is 6.23. The fraction of sp³-hybridized carbons (Fsp3) is 0.154. The lowest BCUT2D eigenvalue weighted by Gasteiger charge is -2.19. The highest BCUT2D eigenvalue weighted by molar-refractivity contribution is 6.29. The van der Waals surface area contributed by atoms with Crippen LogP contribution in [-0.2, 0) is 10.8 Å². The molecule has 0 spiro atoms. The maximum atomic E-state index is 3.63. The molecule has 0 heterocycles. The maximum Gasteiger partial charge on any atom is 0.0334 e. The van der Waals surface area contributed by atoms with Crippen LogP contribution in [0.1, 0.15) is 74.9 Å². The van der Waals surface area contributed by atoms with Gasteiger partial charge in [-0.2, -0.15) is 0 Å². The molecule has 0 heteroatoms. The Hall–Kier alpha value is -6.08. The minimum atomic E-state index is 0.0985. The number of hydrogen-bond acceptors (Lipinski definition) is 0. The van der Waals surface area contributed by atoms with Gasteiger partial charge in [0.15, 0.2) is 0 Å². The monoisotopic (exact) mass is 666 g/mol. The van der Waals surface area contributed by atoms with Crippen LogP contribution in [0.15, 0.2) is 146 Å². The Morgan fingerprint density at radius 3 is 1.04 bits per heavy atom. The second-order valence-electron chi connectivity index (χ2n) is 15.9. The third-order valence-corrected chi connectivity index (χ3v) is 10.3. The highest BCUT2D eigenvalue weighted by atomic mass is 14.2. The maximum absolute atomic E-state index is 3.63. The van der Waals surface area contributed by atoms with Crippen molar-refractivity contribution in [3.05, 3.63) is 179 Å². The van der Waals surface area contributed by atoms with E-state index in [9.17, 15) is 0 Å². The van der Waals surface area contributed by atoms with Gasteiger partial charge < -0.3 is 0 Å². The lowest BCUT2D eigenvalue weighted by atomic mass is 9.84. The molecule has 0 fully saturated rings. The molecule has 0 aromatic heterocycles. The van der Waals surface area contributed by atoms with Crippen LogP contribution in [0.5, 0.6) is 0 Å². The van der Waals surface area contributed by atoms with E-state index in [4.69, 9.17) is 0 Å². The van der Waals surface area contributed by atoms with Gasteiger partial charge in [-0.25, -0.2) is 0 Å². The zero-order valence-corrected chi connectivity index (χ0v) is 30.9. The topological polar surface area (TPSA) is 0 Å². The van der Waals surface area contributed by atoms with Gasteiger partial charge >= 0.3 is 0 Å². The predicted molar refractivity (Wildman–Crippen MR) is 223 cm³/mol. The predicted octanol–water partition coefficient (Wildman–Crippen LogP) is 13.3. The fourth-order valence-corrected chi connectivity index (χ4v) is 7.30. The van der Waals surface area contributed by atoms with Crippen molar-refractivity contribution < 1.29 is 0 Å². The highest BCUT2D eigenvalue weighted by Gasteiger charge is 2.19. The second kappa shape index (κ2) is 12.9. The van der Waals surface area contributed by atoms with Crippen LogP contribution in [0.4, 0.5) is 0 Å². The largest absolute Gasteiger partial charge is 0.0622 e. The van der Waals surface area contributed by atoms with Crippen molar-refractivity contribution in [3.63, 3.8) is 0 Å². The standard InChI is InChI=1S/C52H42/c1-51(2,3)41-25-19-35(20-26-41)17-23-39-33-47(37-13-9-7-10-14-37)45-31-32-46-48(38-15-11-8-12-16-38)34-40(44-30-29-43(39)49(45)50(44)46)24-18-36-21-27-42(28-22-36)52(4,5)6/h7-16,19-22,25-34H,1-6H3. The van der Waals surface area contributed by atoms with Crippen LogP contribution < -0.4 is 0 Å². The van der Waals surface area contributed by atoms with Crippen LogP contribution >= 0.6 is 0 Å². The van der Waals surface area contributed by atoms with Gasteiger partial charge in [-0.3, -0.25) is 0 Å². The summed E-state index contributed by atoms with van der Waals surface area (Å²) in [6, 6.07) is 52.5. The van der Waals surface area contributed by atoms with Gasteiger partial charge in [-0.1, -0.05) is 174 Å². The lowest BCUT2D eigenvalue weighted by Crippen LogP contribution is -2.10. The molecule has 0 aliphatic rings. The lowest BCUT2D eigenvalue weighted by molar-refractivity contribution is 0.590. The SMILES string of the molecule is CC(C)(C)c1ccc(C#Cc2cc(-c3ccccc3)c3ccc4c(-c5ccccc5)cc(C#Cc5ccc(C(C)(C)C)cc5)c5ccc2c3c54)cc1. The molecule has 250 valence electrons. The van der Waals surface area contributed by atoms with E-state index in [1.165, 1.54) is 54.9 Å². The molecular weight excluding hydrogens is 625 g/mol. The number of benzene rings is 8. The summed E-state index contributed by atoms with van der Waals surface area (Å²) in [5.41, 5.74) is 11.6. The Morgan fingerprint density at radius 2 is 0.692 bits per heavy atom. The van der Waals surface area contributed by atoms with E-state index >= 15 is 0 Å². The van der Waals surface area contributed by atoms with Gasteiger partial charge in [0.25, 0.3) is 0 Å².